The maximum atomic E-state index is 9.80. The minimum absolute atomic E-state index is 0.520. The highest BCUT2D eigenvalue weighted by molar-refractivity contribution is 5.91. The Kier molecular flexibility index (Phi) is 4.93. The van der Waals surface area contributed by atoms with Gasteiger partial charge in [0.2, 0.25) is 0 Å². The number of aromatic nitrogens is 3. The lowest BCUT2D eigenvalue weighted by atomic mass is 10.1. The Bertz CT molecular complexity index is 1290. The zero-order chi connectivity index (χ0) is 21.4. The number of fused-ring (bicyclic) bond motifs is 1. The van der Waals surface area contributed by atoms with Crippen LogP contribution in [0.5, 0.6) is 0 Å². The van der Waals surface area contributed by atoms with Crippen molar-refractivity contribution in [2.45, 2.75) is 20.8 Å². The zero-order valence-electron chi connectivity index (χ0n) is 18.0. The lowest BCUT2D eigenvalue weighted by Crippen LogP contribution is -2.08. The number of imidazole rings is 1. The van der Waals surface area contributed by atoms with Crippen LogP contribution in [0.3, 0.4) is 0 Å². The molecule has 0 bridgehead atoms. The Morgan fingerprint density at radius 3 is 2.47 bits per heavy atom. The quantitative estimate of drug-likeness (QED) is 0.470. The van der Waals surface area contributed by atoms with Crippen molar-refractivity contribution in [3.8, 4) is 11.8 Å². The van der Waals surface area contributed by atoms with Gasteiger partial charge in [0.1, 0.15) is 11.9 Å². The van der Waals surface area contributed by atoms with E-state index in [1.165, 1.54) is 0 Å². The number of hydrogen-bond acceptors (Lipinski definition) is 3. The molecule has 4 rings (SSSR count). The minimum atomic E-state index is 0.520. The second kappa shape index (κ2) is 7.57. The van der Waals surface area contributed by atoms with Gasteiger partial charge in [-0.15, -0.1) is 0 Å². The maximum absolute atomic E-state index is 9.80. The summed E-state index contributed by atoms with van der Waals surface area (Å²) in [4.78, 5) is 9.97. The van der Waals surface area contributed by atoms with Gasteiger partial charge in [0.15, 0.2) is 0 Å². The highest BCUT2D eigenvalue weighted by atomic mass is 15.1. The molecule has 0 spiro atoms. The Labute approximate surface area is 176 Å². The van der Waals surface area contributed by atoms with E-state index < -0.39 is 0 Å². The summed E-state index contributed by atoms with van der Waals surface area (Å²) in [7, 11) is 4.07. The smallest absolute Gasteiger partial charge is 0.149 e. The van der Waals surface area contributed by atoms with Gasteiger partial charge in [0.05, 0.1) is 16.6 Å². The maximum Gasteiger partial charge on any atom is 0.149 e. The van der Waals surface area contributed by atoms with Gasteiger partial charge in [0, 0.05) is 36.9 Å². The van der Waals surface area contributed by atoms with Gasteiger partial charge < -0.3 is 14.5 Å². The van der Waals surface area contributed by atoms with Crippen molar-refractivity contribution >= 4 is 28.4 Å². The van der Waals surface area contributed by atoms with Gasteiger partial charge in [-0.3, -0.25) is 0 Å². The third-order valence-corrected chi connectivity index (χ3v) is 5.41. The van der Waals surface area contributed by atoms with Gasteiger partial charge in [-0.1, -0.05) is 6.07 Å². The number of allylic oxidation sites excluding steroid dienone is 1. The fourth-order valence-electron chi connectivity index (χ4n) is 3.79. The van der Waals surface area contributed by atoms with E-state index in [1.54, 1.807) is 0 Å². The fourth-order valence-corrected chi connectivity index (χ4v) is 3.79. The molecule has 30 heavy (non-hydrogen) atoms. The topological polar surface area (TPSA) is 60.6 Å². The number of hydrogen-bond donors (Lipinski definition) is 1. The summed E-state index contributed by atoms with van der Waals surface area (Å²) in [5.74, 6) is 0.596. The van der Waals surface area contributed by atoms with E-state index in [2.05, 4.69) is 69.7 Å². The summed E-state index contributed by atoms with van der Waals surface area (Å²) in [6.07, 6.45) is 1.91. The van der Waals surface area contributed by atoms with E-state index >= 15 is 0 Å². The molecule has 0 aliphatic heterocycles. The van der Waals surface area contributed by atoms with Crippen molar-refractivity contribution in [2.75, 3.05) is 19.0 Å². The minimum Gasteiger partial charge on any atom is -0.378 e. The third kappa shape index (κ3) is 3.48. The number of benzene rings is 2. The molecule has 5 nitrogen and oxygen atoms in total. The van der Waals surface area contributed by atoms with Crippen LogP contribution >= 0.6 is 0 Å². The van der Waals surface area contributed by atoms with Gasteiger partial charge in [0.25, 0.3) is 0 Å². The number of anilines is 1. The van der Waals surface area contributed by atoms with Crippen LogP contribution < -0.4 is 4.90 Å². The van der Waals surface area contributed by atoms with E-state index in [9.17, 15) is 5.26 Å². The van der Waals surface area contributed by atoms with Gasteiger partial charge in [-0.05, 0) is 80.4 Å². The lowest BCUT2D eigenvalue weighted by molar-refractivity contribution is 0.963. The van der Waals surface area contributed by atoms with Crippen LogP contribution in [0.1, 0.15) is 28.3 Å². The summed E-state index contributed by atoms with van der Waals surface area (Å²) in [5.41, 5.74) is 8.97. The zero-order valence-corrected chi connectivity index (χ0v) is 18.0. The molecule has 150 valence electrons. The monoisotopic (exact) mass is 395 g/mol. The van der Waals surface area contributed by atoms with E-state index in [0.29, 0.717) is 11.4 Å². The molecule has 0 aliphatic rings. The first kappa shape index (κ1) is 19.5. The van der Waals surface area contributed by atoms with E-state index in [4.69, 9.17) is 0 Å². The van der Waals surface area contributed by atoms with E-state index in [-0.39, 0.29) is 0 Å². The molecule has 5 heteroatoms. The molecule has 1 N–H and O–H groups in total. The van der Waals surface area contributed by atoms with E-state index in [1.807, 2.05) is 45.3 Å². The lowest BCUT2D eigenvalue weighted by Gasteiger charge is -2.14. The molecule has 2 aromatic heterocycles. The molecule has 0 atom stereocenters. The molecule has 2 aromatic carbocycles. The van der Waals surface area contributed by atoms with Gasteiger partial charge in [-0.25, -0.2) is 4.98 Å². The SMILES string of the molecule is Cc1ccc2nc(C(C#N)=Cc3cc(C)n(-c4ccc(N(C)C)cc4)c3C)[nH]c2c1. The van der Waals surface area contributed by atoms with Crippen LogP contribution in [-0.2, 0) is 0 Å². The van der Waals surface area contributed by atoms with Crippen LogP contribution in [0, 0.1) is 32.1 Å². The van der Waals surface area contributed by atoms with Crippen LogP contribution in [0.2, 0.25) is 0 Å². The summed E-state index contributed by atoms with van der Waals surface area (Å²) >= 11 is 0. The van der Waals surface area contributed by atoms with Crippen molar-refractivity contribution < 1.29 is 0 Å². The number of aryl methyl sites for hydroxylation is 2. The standard InChI is InChI=1S/C25H25N5/c1-16-6-11-23-24(12-16)28-25(27-23)20(15-26)14-19-13-17(2)30(18(19)3)22-9-7-21(8-10-22)29(4)5/h6-14H,1-5H3,(H,27,28). The predicted molar refractivity (Wildman–Crippen MR) is 124 cm³/mol. The predicted octanol–water partition coefficient (Wildman–Crippen LogP) is 5.41. The van der Waals surface area contributed by atoms with Crippen LogP contribution in [0.15, 0.2) is 48.5 Å². The summed E-state index contributed by atoms with van der Waals surface area (Å²) in [5, 5.41) is 9.80. The summed E-state index contributed by atoms with van der Waals surface area (Å²) in [6, 6.07) is 18.9. The largest absolute Gasteiger partial charge is 0.378 e. The Morgan fingerprint density at radius 1 is 1.07 bits per heavy atom. The number of nitrogens with zero attached hydrogens (tertiary/aromatic N) is 4. The average Bonchev–Trinajstić information content (AvgIpc) is 3.26. The molecule has 4 aromatic rings. The van der Waals surface area contributed by atoms with Crippen molar-refractivity contribution in [1.82, 2.24) is 14.5 Å². The van der Waals surface area contributed by atoms with Crippen molar-refractivity contribution in [3.63, 3.8) is 0 Å². The number of H-pyrrole nitrogens is 1. The first-order valence-electron chi connectivity index (χ1n) is 9.92. The highest BCUT2D eigenvalue weighted by Crippen LogP contribution is 2.26. The second-order valence-electron chi connectivity index (χ2n) is 7.85. The van der Waals surface area contributed by atoms with Crippen molar-refractivity contribution in [3.05, 3.63) is 76.9 Å². The fraction of sp³-hybridized carbons (Fsp3) is 0.200. The van der Waals surface area contributed by atoms with Crippen LogP contribution in [-0.4, -0.2) is 28.6 Å². The second-order valence-corrected chi connectivity index (χ2v) is 7.85. The molecule has 0 unspecified atom stereocenters. The molecule has 0 radical (unpaired) electrons. The van der Waals surface area contributed by atoms with Gasteiger partial charge >= 0.3 is 0 Å². The third-order valence-electron chi connectivity index (χ3n) is 5.41. The molecule has 0 aliphatic carbocycles. The molecule has 2 heterocycles. The van der Waals surface area contributed by atoms with Crippen LogP contribution in [0.4, 0.5) is 5.69 Å². The molecule has 0 amide bonds. The van der Waals surface area contributed by atoms with Crippen molar-refractivity contribution in [2.24, 2.45) is 0 Å². The Hall–Kier alpha value is -3.78. The normalized spacial score (nSPS) is 11.7. The van der Waals surface area contributed by atoms with Crippen molar-refractivity contribution in [1.29, 1.82) is 5.26 Å². The first-order valence-corrected chi connectivity index (χ1v) is 9.92. The number of aromatic amines is 1. The summed E-state index contributed by atoms with van der Waals surface area (Å²) < 4.78 is 2.21. The molecule has 0 saturated heterocycles. The van der Waals surface area contributed by atoms with Crippen LogP contribution in [0.25, 0.3) is 28.4 Å². The highest BCUT2D eigenvalue weighted by Gasteiger charge is 2.13. The van der Waals surface area contributed by atoms with E-state index in [0.717, 1.165) is 44.9 Å². The number of nitrogens with one attached hydrogen (secondary N) is 1. The molecular weight excluding hydrogens is 370 g/mol. The molecule has 0 fully saturated rings. The Morgan fingerprint density at radius 2 is 1.80 bits per heavy atom. The summed E-state index contributed by atoms with van der Waals surface area (Å²) in [6.45, 7) is 6.21. The number of nitriles is 1. The average molecular weight is 396 g/mol. The molecular formula is C25H25N5. The number of rotatable bonds is 4. The molecule has 0 saturated carbocycles. The first-order chi connectivity index (χ1) is 14.4. The van der Waals surface area contributed by atoms with Gasteiger partial charge in [-0.2, -0.15) is 5.26 Å². The Balaban J connectivity index is 1.75.